The van der Waals surface area contributed by atoms with Gasteiger partial charge in [0, 0.05) is 16.7 Å². The highest BCUT2D eigenvalue weighted by atomic mass is 16.3. The summed E-state index contributed by atoms with van der Waals surface area (Å²) < 4.78 is 6.29. The summed E-state index contributed by atoms with van der Waals surface area (Å²) in [5.74, 6) is -0.302. The predicted molar refractivity (Wildman–Crippen MR) is 205 cm³/mol. The van der Waals surface area contributed by atoms with Crippen LogP contribution < -0.4 is 0 Å². The Morgan fingerprint density at radius 1 is 0.700 bits per heavy atom. The molecular formula is C44H56O6. The van der Waals surface area contributed by atoms with Gasteiger partial charge in [-0.1, -0.05) is 52.2 Å². The Labute approximate surface area is 299 Å². The lowest BCUT2D eigenvalue weighted by molar-refractivity contribution is -0.132. The average Bonchev–Trinajstić information content (AvgIpc) is 3.40. The zero-order valence-corrected chi connectivity index (χ0v) is 31.5. The molecule has 1 heterocycles. The SMILES string of the molecule is CC(C)=CCCC(C)=CCCC(C)=CCC1=C(O)C(c2oc(C=C(C)C)cc2CCCC(C)=CCc2c(O)cc(C)cc2O)=C(C)C(=O)C1=O. The number of aliphatic hydroxyl groups excluding tert-OH is 1. The van der Waals surface area contributed by atoms with Crippen molar-refractivity contribution in [3.8, 4) is 11.5 Å². The van der Waals surface area contributed by atoms with E-state index in [2.05, 4.69) is 32.9 Å². The molecule has 1 aromatic heterocycles. The first-order valence-corrected chi connectivity index (χ1v) is 17.7. The van der Waals surface area contributed by atoms with Crippen LogP contribution in [0, 0.1) is 6.92 Å². The third kappa shape index (κ3) is 11.2. The molecule has 0 bridgehead atoms. The van der Waals surface area contributed by atoms with Gasteiger partial charge < -0.3 is 19.7 Å². The van der Waals surface area contributed by atoms with E-state index in [1.54, 1.807) is 19.1 Å². The van der Waals surface area contributed by atoms with E-state index in [4.69, 9.17) is 4.42 Å². The highest BCUT2D eigenvalue weighted by Gasteiger charge is 2.35. The second-order valence-corrected chi connectivity index (χ2v) is 14.3. The van der Waals surface area contributed by atoms with Gasteiger partial charge in [0.25, 0.3) is 0 Å². The molecule has 50 heavy (non-hydrogen) atoms. The molecular weight excluding hydrogens is 624 g/mol. The molecule has 0 spiro atoms. The van der Waals surface area contributed by atoms with Gasteiger partial charge in [-0.2, -0.15) is 0 Å². The number of phenols is 2. The van der Waals surface area contributed by atoms with Crippen LogP contribution in [0.4, 0.5) is 0 Å². The largest absolute Gasteiger partial charge is 0.508 e. The molecule has 1 aliphatic rings. The number of carbonyl (C=O) groups is 2. The van der Waals surface area contributed by atoms with Crippen LogP contribution in [0.3, 0.4) is 0 Å². The maximum Gasteiger partial charge on any atom is 0.233 e. The molecule has 0 atom stereocenters. The molecule has 3 rings (SSSR count). The van der Waals surface area contributed by atoms with Gasteiger partial charge in [-0.15, -0.1) is 0 Å². The van der Waals surface area contributed by atoms with Crippen molar-refractivity contribution < 1.29 is 29.3 Å². The van der Waals surface area contributed by atoms with Crippen molar-refractivity contribution in [1.82, 2.24) is 0 Å². The molecule has 0 aliphatic heterocycles. The number of hydrogen-bond donors (Lipinski definition) is 3. The zero-order valence-electron chi connectivity index (χ0n) is 31.5. The van der Waals surface area contributed by atoms with Crippen LogP contribution >= 0.6 is 0 Å². The monoisotopic (exact) mass is 680 g/mol. The summed E-state index contributed by atoms with van der Waals surface area (Å²) in [4.78, 5) is 26.4. The van der Waals surface area contributed by atoms with Gasteiger partial charge in [-0.3, -0.25) is 9.59 Å². The van der Waals surface area contributed by atoms with Crippen molar-refractivity contribution in [2.24, 2.45) is 0 Å². The number of ketones is 2. The van der Waals surface area contributed by atoms with Crippen molar-refractivity contribution in [2.45, 2.75) is 120 Å². The number of furan rings is 1. The molecule has 0 amide bonds. The highest BCUT2D eigenvalue weighted by Crippen LogP contribution is 2.38. The second-order valence-electron chi connectivity index (χ2n) is 14.3. The number of rotatable bonds is 16. The third-order valence-corrected chi connectivity index (χ3v) is 9.00. The van der Waals surface area contributed by atoms with E-state index in [0.29, 0.717) is 29.9 Å². The first-order valence-electron chi connectivity index (χ1n) is 17.7. The molecule has 0 unspecified atom stereocenters. The predicted octanol–water partition coefficient (Wildman–Crippen LogP) is 11.5. The minimum atomic E-state index is -0.674. The summed E-state index contributed by atoms with van der Waals surface area (Å²) in [5, 5.41) is 32.2. The fraction of sp³-hybridized carbons (Fsp3) is 0.409. The molecule has 0 fully saturated rings. The first kappa shape index (κ1) is 39.9. The summed E-state index contributed by atoms with van der Waals surface area (Å²) in [6.45, 7) is 17.7. The molecule has 268 valence electrons. The summed E-state index contributed by atoms with van der Waals surface area (Å²) in [6.07, 6.45) is 16.8. The quantitative estimate of drug-likeness (QED) is 0.0925. The van der Waals surface area contributed by atoms with Crippen LogP contribution in [0.5, 0.6) is 11.5 Å². The van der Waals surface area contributed by atoms with E-state index in [1.807, 2.05) is 58.9 Å². The van der Waals surface area contributed by atoms with Crippen LogP contribution in [0.1, 0.15) is 129 Å². The molecule has 0 saturated heterocycles. The normalized spacial score (nSPS) is 14.5. The maximum atomic E-state index is 13.3. The maximum absolute atomic E-state index is 13.3. The number of carbonyl (C=O) groups excluding carboxylic acids is 2. The summed E-state index contributed by atoms with van der Waals surface area (Å²) in [7, 11) is 0. The minimum Gasteiger partial charge on any atom is -0.508 e. The lowest BCUT2D eigenvalue weighted by Gasteiger charge is -2.19. The number of benzene rings is 1. The van der Waals surface area contributed by atoms with Crippen molar-refractivity contribution >= 4 is 23.2 Å². The highest BCUT2D eigenvalue weighted by molar-refractivity contribution is 6.52. The Morgan fingerprint density at radius 3 is 1.90 bits per heavy atom. The Bertz CT molecular complexity index is 1780. The Morgan fingerprint density at radius 2 is 1.28 bits per heavy atom. The lowest BCUT2D eigenvalue weighted by atomic mass is 9.85. The van der Waals surface area contributed by atoms with Crippen LogP contribution in [0.15, 0.2) is 91.7 Å². The second kappa shape index (κ2) is 18.4. The van der Waals surface area contributed by atoms with Crippen molar-refractivity contribution in [3.63, 3.8) is 0 Å². The molecule has 2 aromatic rings. The number of aromatic hydroxyl groups is 2. The fourth-order valence-electron chi connectivity index (χ4n) is 6.07. The van der Waals surface area contributed by atoms with E-state index in [-0.39, 0.29) is 40.4 Å². The van der Waals surface area contributed by atoms with Crippen molar-refractivity contribution in [1.29, 1.82) is 0 Å². The number of Topliss-reactive ketones (excluding diaryl/α,β-unsaturated/α-hetero) is 2. The lowest BCUT2D eigenvalue weighted by Crippen LogP contribution is -2.25. The van der Waals surface area contributed by atoms with E-state index in [1.165, 1.54) is 11.1 Å². The number of aliphatic hydroxyl groups is 1. The molecule has 1 aromatic carbocycles. The molecule has 0 radical (unpaired) electrons. The van der Waals surface area contributed by atoms with Gasteiger partial charge in [0.05, 0.1) is 5.57 Å². The van der Waals surface area contributed by atoms with E-state index < -0.39 is 11.6 Å². The number of aryl methyl sites for hydroxylation is 2. The summed E-state index contributed by atoms with van der Waals surface area (Å²) in [5.41, 5.74) is 8.61. The molecule has 6 heteroatoms. The van der Waals surface area contributed by atoms with Crippen molar-refractivity contribution in [3.05, 3.63) is 115 Å². The van der Waals surface area contributed by atoms with Gasteiger partial charge in [0.2, 0.25) is 11.6 Å². The molecule has 0 saturated carbocycles. The smallest absolute Gasteiger partial charge is 0.233 e. The standard InChI is InChI=1S/C44H56O6/c1-27(2)13-10-14-29(5)15-11-16-30(6)20-22-37-42(48)40(33(9)41(47)43(37)49)44-34(26-35(50-44)23-28(3)4)18-12-17-31(7)19-21-36-38(45)24-32(8)25-39(36)46/h13,15,19-20,23-26,45-46,48H,10-12,14,16-18,21-22H2,1-9H3. The Hall–Kier alpha value is -4.58. The fourth-order valence-corrected chi connectivity index (χ4v) is 6.07. The molecule has 3 N–H and O–H groups in total. The van der Waals surface area contributed by atoms with Crippen LogP contribution in [-0.2, 0) is 22.4 Å². The van der Waals surface area contributed by atoms with E-state index in [9.17, 15) is 24.9 Å². The van der Waals surface area contributed by atoms with E-state index in [0.717, 1.165) is 66.4 Å². The molecule has 6 nitrogen and oxygen atoms in total. The first-order chi connectivity index (χ1) is 23.6. The summed E-state index contributed by atoms with van der Waals surface area (Å²) >= 11 is 0. The minimum absolute atomic E-state index is 0.0805. The zero-order chi connectivity index (χ0) is 37.1. The van der Waals surface area contributed by atoms with Gasteiger partial charge in [-0.25, -0.2) is 0 Å². The average molecular weight is 681 g/mol. The Balaban J connectivity index is 1.81. The number of phenolic OH excluding ortho intramolecular Hbond substituents is 2. The van der Waals surface area contributed by atoms with Crippen LogP contribution in [-0.4, -0.2) is 26.9 Å². The van der Waals surface area contributed by atoms with Gasteiger partial charge >= 0.3 is 0 Å². The topological polar surface area (TPSA) is 108 Å². The van der Waals surface area contributed by atoms with Crippen molar-refractivity contribution in [2.75, 3.05) is 0 Å². The van der Waals surface area contributed by atoms with Crippen LogP contribution in [0.2, 0.25) is 0 Å². The number of hydrogen-bond acceptors (Lipinski definition) is 6. The molecule has 1 aliphatic carbocycles. The third-order valence-electron chi connectivity index (χ3n) is 9.00. The van der Waals surface area contributed by atoms with Gasteiger partial charge in [0.1, 0.15) is 28.8 Å². The summed E-state index contributed by atoms with van der Waals surface area (Å²) in [6, 6.07) is 5.23. The van der Waals surface area contributed by atoms with E-state index >= 15 is 0 Å². The van der Waals surface area contributed by atoms with Crippen LogP contribution in [0.25, 0.3) is 11.6 Å². The number of allylic oxidation sites excluding steroid dienone is 12. The van der Waals surface area contributed by atoms with Gasteiger partial charge in [0.15, 0.2) is 0 Å². The van der Waals surface area contributed by atoms with Gasteiger partial charge in [-0.05, 0) is 156 Å². The Kier molecular flexibility index (Phi) is 14.7.